The average molecular weight is 207 g/mol. The lowest BCUT2D eigenvalue weighted by atomic mass is 10.6. The standard InChI is InChI=1S/C6H7ClN2O2S/c1-8-4(10)3(7)5(12)9(2)6(8)11/h12H,1-2H3. The van der Waals surface area contributed by atoms with Gasteiger partial charge in [-0.1, -0.05) is 11.6 Å². The van der Waals surface area contributed by atoms with Crippen molar-refractivity contribution >= 4 is 24.2 Å². The van der Waals surface area contributed by atoms with Crippen LogP contribution in [0.5, 0.6) is 0 Å². The van der Waals surface area contributed by atoms with Crippen LogP contribution in [-0.2, 0) is 14.1 Å². The van der Waals surface area contributed by atoms with Gasteiger partial charge in [-0.3, -0.25) is 13.9 Å². The molecule has 0 fully saturated rings. The van der Waals surface area contributed by atoms with Gasteiger partial charge in [0.2, 0.25) is 0 Å². The molecule has 1 aromatic heterocycles. The molecular formula is C6H7ClN2O2S. The summed E-state index contributed by atoms with van der Waals surface area (Å²) in [5.74, 6) is 0. The van der Waals surface area contributed by atoms with E-state index in [1.165, 1.54) is 18.7 Å². The van der Waals surface area contributed by atoms with Gasteiger partial charge in [0.25, 0.3) is 5.56 Å². The summed E-state index contributed by atoms with van der Waals surface area (Å²) >= 11 is 9.51. The van der Waals surface area contributed by atoms with E-state index in [0.29, 0.717) is 0 Å². The zero-order valence-corrected chi connectivity index (χ0v) is 8.19. The molecule has 12 heavy (non-hydrogen) atoms. The van der Waals surface area contributed by atoms with Gasteiger partial charge < -0.3 is 0 Å². The molecule has 4 nitrogen and oxygen atoms in total. The molecule has 66 valence electrons. The van der Waals surface area contributed by atoms with Crippen molar-refractivity contribution in [3.05, 3.63) is 25.9 Å². The second-order valence-electron chi connectivity index (χ2n) is 2.34. The smallest absolute Gasteiger partial charge is 0.290 e. The zero-order chi connectivity index (χ0) is 9.46. The van der Waals surface area contributed by atoms with Crippen LogP contribution in [0.2, 0.25) is 5.02 Å². The predicted octanol–water partition coefficient (Wildman–Crippen LogP) is 0.0261. The second-order valence-corrected chi connectivity index (χ2v) is 3.14. The molecule has 0 aromatic carbocycles. The first-order chi connectivity index (χ1) is 5.46. The molecule has 0 spiro atoms. The number of aromatic nitrogens is 2. The summed E-state index contributed by atoms with van der Waals surface area (Å²) in [4.78, 5) is 22.3. The fourth-order valence-corrected chi connectivity index (χ4v) is 1.23. The first kappa shape index (κ1) is 9.41. The van der Waals surface area contributed by atoms with Crippen molar-refractivity contribution in [2.24, 2.45) is 14.1 Å². The number of hydrogen-bond acceptors (Lipinski definition) is 3. The third-order valence-corrected chi connectivity index (χ3v) is 2.58. The molecule has 1 heterocycles. The summed E-state index contributed by atoms with van der Waals surface area (Å²) in [5.41, 5.74) is -0.959. The Morgan fingerprint density at radius 1 is 1.25 bits per heavy atom. The van der Waals surface area contributed by atoms with Gasteiger partial charge in [-0.05, 0) is 0 Å². The van der Waals surface area contributed by atoms with Gasteiger partial charge in [0.05, 0.1) is 0 Å². The lowest BCUT2D eigenvalue weighted by Crippen LogP contribution is -2.37. The van der Waals surface area contributed by atoms with E-state index < -0.39 is 11.2 Å². The minimum atomic E-state index is -0.523. The Balaban J connectivity index is 3.86. The van der Waals surface area contributed by atoms with Crippen LogP contribution in [0.15, 0.2) is 14.6 Å². The molecule has 0 amide bonds. The predicted molar refractivity (Wildman–Crippen MR) is 49.2 cm³/mol. The van der Waals surface area contributed by atoms with Gasteiger partial charge in [-0.15, -0.1) is 12.6 Å². The number of rotatable bonds is 0. The minimum Gasteiger partial charge on any atom is -0.290 e. The molecule has 0 unspecified atom stereocenters. The van der Waals surface area contributed by atoms with E-state index in [4.69, 9.17) is 11.6 Å². The Kier molecular flexibility index (Phi) is 2.34. The highest BCUT2D eigenvalue weighted by Gasteiger charge is 2.09. The van der Waals surface area contributed by atoms with Gasteiger partial charge in [0.1, 0.15) is 10.0 Å². The summed E-state index contributed by atoms with van der Waals surface area (Å²) < 4.78 is 2.13. The molecule has 0 atom stereocenters. The lowest BCUT2D eigenvalue weighted by molar-refractivity contribution is 0.638. The maximum atomic E-state index is 11.2. The Morgan fingerprint density at radius 3 is 2.25 bits per heavy atom. The molecule has 1 rings (SSSR count). The fourth-order valence-electron chi connectivity index (χ4n) is 0.793. The highest BCUT2D eigenvalue weighted by Crippen LogP contribution is 2.10. The van der Waals surface area contributed by atoms with Crippen LogP contribution in [0.3, 0.4) is 0 Å². The molecule has 6 heteroatoms. The van der Waals surface area contributed by atoms with Crippen LogP contribution in [0.4, 0.5) is 0 Å². The Morgan fingerprint density at radius 2 is 1.75 bits per heavy atom. The molecule has 0 radical (unpaired) electrons. The highest BCUT2D eigenvalue weighted by atomic mass is 35.5. The summed E-state index contributed by atoms with van der Waals surface area (Å²) in [6, 6.07) is 0. The third kappa shape index (κ3) is 1.19. The van der Waals surface area contributed by atoms with E-state index in [2.05, 4.69) is 12.6 Å². The summed E-state index contributed by atoms with van der Waals surface area (Å²) in [6.07, 6.45) is 0. The topological polar surface area (TPSA) is 44.0 Å². The Bertz CT molecular complexity index is 397. The van der Waals surface area contributed by atoms with Crippen molar-refractivity contribution in [2.75, 3.05) is 0 Å². The van der Waals surface area contributed by atoms with E-state index >= 15 is 0 Å². The molecular weight excluding hydrogens is 200 g/mol. The van der Waals surface area contributed by atoms with Crippen LogP contribution in [0, 0.1) is 0 Å². The van der Waals surface area contributed by atoms with E-state index in [1.54, 1.807) is 0 Å². The second kappa shape index (κ2) is 2.99. The molecule has 0 aliphatic heterocycles. The SMILES string of the molecule is Cn1c(S)c(Cl)c(=O)n(C)c1=O. The van der Waals surface area contributed by atoms with Crippen LogP contribution < -0.4 is 11.2 Å². The van der Waals surface area contributed by atoms with E-state index in [0.717, 1.165) is 4.57 Å². The Labute approximate surface area is 78.8 Å². The quantitative estimate of drug-likeness (QED) is 0.481. The van der Waals surface area contributed by atoms with Crippen molar-refractivity contribution in [3.63, 3.8) is 0 Å². The monoisotopic (exact) mass is 206 g/mol. The van der Waals surface area contributed by atoms with Crippen molar-refractivity contribution in [3.8, 4) is 0 Å². The molecule has 0 bridgehead atoms. The van der Waals surface area contributed by atoms with Crippen LogP contribution in [0.25, 0.3) is 0 Å². The third-order valence-electron chi connectivity index (χ3n) is 1.58. The number of hydrogen-bond donors (Lipinski definition) is 1. The van der Waals surface area contributed by atoms with Gasteiger partial charge >= 0.3 is 5.69 Å². The molecule has 0 saturated heterocycles. The molecule has 0 N–H and O–H groups in total. The van der Waals surface area contributed by atoms with Crippen LogP contribution in [-0.4, -0.2) is 9.13 Å². The molecule has 0 saturated carbocycles. The van der Waals surface area contributed by atoms with Crippen molar-refractivity contribution in [1.29, 1.82) is 0 Å². The maximum absolute atomic E-state index is 11.2. The lowest BCUT2D eigenvalue weighted by Gasteiger charge is -2.05. The van der Waals surface area contributed by atoms with E-state index in [9.17, 15) is 9.59 Å². The molecule has 0 aliphatic carbocycles. The van der Waals surface area contributed by atoms with Gasteiger partial charge in [-0.25, -0.2) is 4.79 Å². The highest BCUT2D eigenvalue weighted by molar-refractivity contribution is 7.80. The zero-order valence-electron chi connectivity index (χ0n) is 6.54. The van der Waals surface area contributed by atoms with Crippen LogP contribution >= 0.6 is 24.2 Å². The number of thiol groups is 1. The fraction of sp³-hybridized carbons (Fsp3) is 0.333. The maximum Gasteiger partial charge on any atom is 0.331 e. The summed E-state index contributed by atoms with van der Waals surface area (Å²) in [5, 5.41) is 0.146. The molecule has 0 aliphatic rings. The van der Waals surface area contributed by atoms with Crippen molar-refractivity contribution in [1.82, 2.24) is 9.13 Å². The normalized spacial score (nSPS) is 10.3. The number of halogens is 1. The number of nitrogens with zero attached hydrogens (tertiary/aromatic N) is 2. The van der Waals surface area contributed by atoms with E-state index in [-0.39, 0.29) is 10.0 Å². The van der Waals surface area contributed by atoms with Crippen molar-refractivity contribution < 1.29 is 0 Å². The van der Waals surface area contributed by atoms with Crippen molar-refractivity contribution in [2.45, 2.75) is 5.03 Å². The first-order valence-corrected chi connectivity index (χ1v) is 3.93. The average Bonchev–Trinajstić information content (AvgIpc) is 2.08. The minimum absolute atomic E-state index is 0.0390. The van der Waals surface area contributed by atoms with Gasteiger partial charge in [0, 0.05) is 14.1 Å². The summed E-state index contributed by atoms with van der Waals surface area (Å²) in [6.45, 7) is 0. The van der Waals surface area contributed by atoms with Gasteiger partial charge in [-0.2, -0.15) is 0 Å². The van der Waals surface area contributed by atoms with E-state index in [1.807, 2.05) is 0 Å². The Hall–Kier alpha value is -0.680. The largest absolute Gasteiger partial charge is 0.331 e. The van der Waals surface area contributed by atoms with Crippen LogP contribution in [0.1, 0.15) is 0 Å². The van der Waals surface area contributed by atoms with Gasteiger partial charge in [0.15, 0.2) is 0 Å². The first-order valence-electron chi connectivity index (χ1n) is 3.11. The summed E-state index contributed by atoms with van der Waals surface area (Å²) in [7, 11) is 2.86. The molecule has 1 aromatic rings.